The van der Waals surface area contributed by atoms with E-state index in [1.165, 1.54) is 13.2 Å². The van der Waals surface area contributed by atoms with Gasteiger partial charge in [-0.15, -0.1) is 0 Å². The summed E-state index contributed by atoms with van der Waals surface area (Å²) in [7, 11) is 1.39. The highest BCUT2D eigenvalue weighted by molar-refractivity contribution is 6.30. The van der Waals surface area contributed by atoms with Crippen LogP contribution in [0.25, 0.3) is 5.69 Å². The lowest BCUT2D eigenvalue weighted by molar-refractivity contribution is -0.116. The lowest BCUT2D eigenvalue weighted by Gasteiger charge is -2.33. The monoisotopic (exact) mass is 485 g/mol. The number of carbonyl (C=O) groups excluding carboxylic acids is 1. The Bertz CT molecular complexity index is 1320. The third-order valence-corrected chi connectivity index (χ3v) is 6.43. The van der Waals surface area contributed by atoms with E-state index in [-0.39, 0.29) is 17.3 Å². The first kappa shape index (κ1) is 22.4. The van der Waals surface area contributed by atoms with Gasteiger partial charge in [0, 0.05) is 34.2 Å². The van der Waals surface area contributed by atoms with Crippen LogP contribution >= 0.6 is 11.6 Å². The van der Waals surface area contributed by atoms with Crippen molar-refractivity contribution in [2.75, 3.05) is 12.4 Å². The van der Waals surface area contributed by atoms with Crippen LogP contribution in [0.2, 0.25) is 5.02 Å². The molecule has 3 aromatic rings. The van der Waals surface area contributed by atoms with Crippen LogP contribution in [-0.2, 0) is 4.79 Å². The summed E-state index contributed by atoms with van der Waals surface area (Å²) in [5.74, 6) is 0.492. The van der Waals surface area contributed by atoms with Gasteiger partial charge in [0.25, 0.3) is 0 Å². The van der Waals surface area contributed by atoms with Crippen molar-refractivity contribution in [2.24, 2.45) is 0 Å². The van der Waals surface area contributed by atoms with Gasteiger partial charge < -0.3 is 14.8 Å². The largest absolute Gasteiger partial charge is 0.493 e. The summed E-state index contributed by atoms with van der Waals surface area (Å²) in [4.78, 5) is 13.1. The maximum atomic E-state index is 13.1. The Hall–Kier alpha value is -3.39. The number of benzene rings is 2. The molecule has 9 heteroatoms. The average molecular weight is 486 g/mol. The molecule has 176 valence electrons. The molecule has 1 aliphatic heterocycles. The minimum atomic E-state index is -2.97. The smallest absolute Gasteiger partial charge is 0.387 e. The van der Waals surface area contributed by atoms with E-state index in [0.717, 1.165) is 46.9 Å². The number of anilines is 1. The van der Waals surface area contributed by atoms with Crippen molar-refractivity contribution in [3.63, 3.8) is 0 Å². The fraction of sp³-hybridized carbons (Fsp3) is 0.280. The lowest BCUT2D eigenvalue weighted by Crippen LogP contribution is -2.27. The molecule has 2 heterocycles. The molecule has 1 aromatic heterocycles. The summed E-state index contributed by atoms with van der Waals surface area (Å²) in [6.07, 6.45) is 1.93. The number of aryl methyl sites for hydroxylation is 1. The summed E-state index contributed by atoms with van der Waals surface area (Å²) >= 11 is 6.23. The molecule has 0 radical (unpaired) electrons. The zero-order valence-corrected chi connectivity index (χ0v) is 19.3. The number of nitrogens with zero attached hydrogens (tertiary/aromatic N) is 2. The number of hydrogen-bond acceptors (Lipinski definition) is 5. The Kier molecular flexibility index (Phi) is 5.77. The van der Waals surface area contributed by atoms with Crippen LogP contribution < -0.4 is 14.8 Å². The number of halogens is 3. The molecule has 1 N–H and O–H groups in total. The Labute approximate surface area is 200 Å². The van der Waals surface area contributed by atoms with E-state index in [9.17, 15) is 13.6 Å². The molecule has 34 heavy (non-hydrogen) atoms. The van der Waals surface area contributed by atoms with Gasteiger partial charge in [0.15, 0.2) is 17.3 Å². The third-order valence-electron chi connectivity index (χ3n) is 6.20. The van der Waals surface area contributed by atoms with Crippen molar-refractivity contribution in [3.05, 3.63) is 75.6 Å². The zero-order chi connectivity index (χ0) is 24.0. The Morgan fingerprint density at radius 2 is 2.00 bits per heavy atom. The highest BCUT2D eigenvalue weighted by Gasteiger charge is 2.39. The number of Topliss-reactive ketones (excluding diaryl/α,β-unsaturated/α-hetero) is 1. The van der Waals surface area contributed by atoms with Gasteiger partial charge in [0.05, 0.1) is 18.5 Å². The highest BCUT2D eigenvalue weighted by Crippen LogP contribution is 2.48. The van der Waals surface area contributed by atoms with Crippen molar-refractivity contribution in [3.8, 4) is 17.2 Å². The molecule has 2 aliphatic rings. The number of aromatic nitrogens is 2. The van der Waals surface area contributed by atoms with Crippen LogP contribution in [0.15, 0.2) is 53.7 Å². The van der Waals surface area contributed by atoms with Gasteiger partial charge in [-0.3, -0.25) is 4.79 Å². The van der Waals surface area contributed by atoms with Crippen LogP contribution in [0, 0.1) is 6.92 Å². The Balaban J connectivity index is 1.71. The van der Waals surface area contributed by atoms with Gasteiger partial charge in [0.2, 0.25) is 0 Å². The average Bonchev–Trinajstić information content (AvgIpc) is 3.14. The van der Waals surface area contributed by atoms with Gasteiger partial charge in [-0.2, -0.15) is 13.9 Å². The molecule has 2 aromatic carbocycles. The highest BCUT2D eigenvalue weighted by atomic mass is 35.5. The second-order valence-corrected chi connectivity index (χ2v) is 8.69. The van der Waals surface area contributed by atoms with Gasteiger partial charge >= 0.3 is 6.61 Å². The van der Waals surface area contributed by atoms with Crippen molar-refractivity contribution in [2.45, 2.75) is 38.7 Å². The van der Waals surface area contributed by atoms with Crippen molar-refractivity contribution in [1.82, 2.24) is 9.78 Å². The molecule has 0 spiro atoms. The summed E-state index contributed by atoms with van der Waals surface area (Å²) in [6.45, 7) is -1.09. The normalized spacial score (nSPS) is 17.4. The number of methoxy groups -OCH3 is 1. The Morgan fingerprint density at radius 1 is 1.18 bits per heavy atom. The minimum Gasteiger partial charge on any atom is -0.493 e. The first-order chi connectivity index (χ1) is 16.4. The van der Waals surface area contributed by atoms with Crippen LogP contribution in [0.5, 0.6) is 11.5 Å². The molecule has 0 amide bonds. The van der Waals surface area contributed by atoms with Gasteiger partial charge in [-0.05, 0) is 55.7 Å². The number of carbonyl (C=O) groups is 1. The number of nitrogens with one attached hydrogen (secondary N) is 1. The van der Waals surface area contributed by atoms with Crippen LogP contribution in [0.4, 0.5) is 14.6 Å². The maximum absolute atomic E-state index is 13.1. The fourth-order valence-electron chi connectivity index (χ4n) is 4.81. The van der Waals surface area contributed by atoms with E-state index in [4.69, 9.17) is 21.4 Å². The number of fused-ring (bicyclic) bond motifs is 1. The van der Waals surface area contributed by atoms with E-state index in [0.29, 0.717) is 17.0 Å². The summed E-state index contributed by atoms with van der Waals surface area (Å²) in [5.41, 5.74) is 4.63. The first-order valence-corrected chi connectivity index (χ1v) is 11.3. The molecule has 0 bridgehead atoms. The quantitative estimate of drug-likeness (QED) is 0.479. The van der Waals surface area contributed by atoms with Crippen molar-refractivity contribution >= 4 is 23.2 Å². The van der Waals surface area contributed by atoms with Crippen LogP contribution in [0.1, 0.15) is 42.0 Å². The van der Waals surface area contributed by atoms with E-state index < -0.39 is 12.5 Å². The van der Waals surface area contributed by atoms with Crippen molar-refractivity contribution in [1.29, 1.82) is 0 Å². The summed E-state index contributed by atoms with van der Waals surface area (Å²) in [5, 5.41) is 8.81. The van der Waals surface area contributed by atoms with Crippen LogP contribution in [0.3, 0.4) is 0 Å². The van der Waals surface area contributed by atoms with E-state index in [2.05, 4.69) is 10.1 Å². The molecular formula is C25H22ClF2N3O3. The molecule has 0 fully saturated rings. The predicted molar refractivity (Wildman–Crippen MR) is 124 cm³/mol. The minimum absolute atomic E-state index is 0.0613. The maximum Gasteiger partial charge on any atom is 0.387 e. The van der Waals surface area contributed by atoms with Crippen molar-refractivity contribution < 1.29 is 23.0 Å². The number of rotatable bonds is 5. The lowest BCUT2D eigenvalue weighted by atomic mass is 9.76. The molecule has 5 rings (SSSR count). The second-order valence-electron chi connectivity index (χ2n) is 8.26. The molecular weight excluding hydrogens is 464 g/mol. The number of alkyl halides is 2. The Morgan fingerprint density at radius 3 is 2.74 bits per heavy atom. The standard InChI is InChI=1S/C25H22ClF2N3O3/c1-13-21-22(14-9-10-19(34-25(27)28)20(11-14)33-2)23-17(7-4-8-18(23)32)29-24(21)31(30-13)16-6-3-5-15(26)12-16/h3,5-6,9-12,22,25,29H,4,7-8H2,1-2H3. The zero-order valence-electron chi connectivity index (χ0n) is 18.6. The number of hydrogen-bond donors (Lipinski definition) is 1. The second kappa shape index (κ2) is 8.76. The molecule has 0 saturated heterocycles. The SMILES string of the molecule is COc1cc(C2C3=C(CCCC3=O)Nc3c2c(C)nn3-c2cccc(Cl)c2)ccc1OC(F)F. The summed E-state index contributed by atoms with van der Waals surface area (Å²) < 4.78 is 37.4. The number of ketones is 1. The molecule has 1 unspecified atom stereocenters. The summed E-state index contributed by atoms with van der Waals surface area (Å²) in [6, 6.07) is 12.2. The molecule has 1 aliphatic carbocycles. The fourth-order valence-corrected chi connectivity index (χ4v) is 4.99. The van der Waals surface area contributed by atoms with Gasteiger partial charge in [0.1, 0.15) is 5.82 Å². The predicted octanol–water partition coefficient (Wildman–Crippen LogP) is 6.01. The van der Waals surface area contributed by atoms with E-state index in [1.54, 1.807) is 22.9 Å². The van der Waals surface area contributed by atoms with Gasteiger partial charge in [-0.1, -0.05) is 23.7 Å². The number of allylic oxidation sites excluding steroid dienone is 2. The molecule has 6 nitrogen and oxygen atoms in total. The van der Waals surface area contributed by atoms with Crippen LogP contribution in [-0.4, -0.2) is 29.3 Å². The topological polar surface area (TPSA) is 65.4 Å². The van der Waals surface area contributed by atoms with Gasteiger partial charge in [-0.25, -0.2) is 4.68 Å². The third kappa shape index (κ3) is 3.81. The number of ether oxygens (including phenoxy) is 2. The first-order valence-electron chi connectivity index (χ1n) is 10.9. The van der Waals surface area contributed by atoms with E-state index >= 15 is 0 Å². The molecule has 1 atom stereocenters. The van der Waals surface area contributed by atoms with E-state index in [1.807, 2.05) is 25.1 Å². The molecule has 0 saturated carbocycles.